The second-order valence-electron chi connectivity index (χ2n) is 7.70. The largest absolute Gasteiger partial charge is 0.388 e. The van der Waals surface area contributed by atoms with Crippen molar-refractivity contribution >= 4 is 17.5 Å². The molecule has 152 valence electrons. The second kappa shape index (κ2) is 9.07. The summed E-state index contributed by atoms with van der Waals surface area (Å²) in [6, 6.07) is 7.29. The van der Waals surface area contributed by atoms with Crippen molar-refractivity contribution in [2.24, 2.45) is 5.73 Å². The highest BCUT2D eigenvalue weighted by atomic mass is 35.5. The Labute approximate surface area is 171 Å². The number of nitrogens with two attached hydrogens (primary N) is 1. The summed E-state index contributed by atoms with van der Waals surface area (Å²) in [5.41, 5.74) is 7.80. The molecule has 0 spiro atoms. The fourth-order valence-corrected chi connectivity index (χ4v) is 3.97. The molecule has 2 aromatic rings. The molecule has 0 saturated heterocycles. The molecule has 1 fully saturated rings. The van der Waals surface area contributed by atoms with Crippen LogP contribution in [0.25, 0.3) is 11.3 Å². The van der Waals surface area contributed by atoms with E-state index < -0.39 is 5.60 Å². The number of amides is 1. The summed E-state index contributed by atoms with van der Waals surface area (Å²) in [6.07, 6.45) is 5.71. The molecule has 0 radical (unpaired) electrons. The maximum absolute atomic E-state index is 12.7. The van der Waals surface area contributed by atoms with Crippen molar-refractivity contribution in [3.63, 3.8) is 0 Å². The van der Waals surface area contributed by atoms with Gasteiger partial charge in [-0.25, -0.2) is 0 Å². The number of carbonyl (C=O) groups excluding carboxylic acids is 1. The Morgan fingerprint density at radius 1 is 1.29 bits per heavy atom. The van der Waals surface area contributed by atoms with Crippen molar-refractivity contribution in [1.29, 1.82) is 0 Å². The van der Waals surface area contributed by atoms with Gasteiger partial charge in [-0.3, -0.25) is 9.48 Å². The van der Waals surface area contributed by atoms with Gasteiger partial charge in [-0.05, 0) is 38.0 Å². The van der Waals surface area contributed by atoms with Gasteiger partial charge in [-0.2, -0.15) is 5.10 Å². The molecule has 4 N–H and O–H groups in total. The highest BCUT2D eigenvalue weighted by Crippen LogP contribution is 2.28. The Kier molecular flexibility index (Phi) is 6.75. The van der Waals surface area contributed by atoms with Gasteiger partial charge in [-0.1, -0.05) is 43.4 Å². The minimum absolute atomic E-state index is 0.247. The number of aryl methyl sites for hydroxylation is 1. The molecule has 0 atom stereocenters. The van der Waals surface area contributed by atoms with Crippen molar-refractivity contribution in [1.82, 2.24) is 15.1 Å². The summed E-state index contributed by atoms with van der Waals surface area (Å²) >= 11 is 6.28. The molecule has 3 rings (SSSR count). The van der Waals surface area contributed by atoms with E-state index in [1.165, 1.54) is 0 Å². The van der Waals surface area contributed by atoms with Crippen LogP contribution in [0.5, 0.6) is 0 Å². The maximum Gasteiger partial charge on any atom is 0.252 e. The third-order valence-corrected chi connectivity index (χ3v) is 5.77. The number of nitrogens with one attached hydrogen (secondary N) is 1. The van der Waals surface area contributed by atoms with Crippen LogP contribution in [0.1, 0.15) is 54.6 Å². The molecule has 1 aromatic carbocycles. The van der Waals surface area contributed by atoms with Crippen molar-refractivity contribution < 1.29 is 9.90 Å². The Morgan fingerprint density at radius 2 is 2.00 bits per heavy atom. The maximum atomic E-state index is 12.7. The first-order valence-corrected chi connectivity index (χ1v) is 10.3. The number of aromatic nitrogens is 2. The van der Waals surface area contributed by atoms with Gasteiger partial charge in [-0.15, -0.1) is 0 Å². The van der Waals surface area contributed by atoms with E-state index in [0.717, 1.165) is 55.5 Å². The molecule has 6 nitrogen and oxygen atoms in total. The molecule has 7 heteroatoms. The lowest BCUT2D eigenvalue weighted by molar-refractivity contribution is 0.0246. The molecule has 1 amide bonds. The molecule has 0 aliphatic heterocycles. The zero-order valence-corrected chi connectivity index (χ0v) is 17.1. The van der Waals surface area contributed by atoms with E-state index in [2.05, 4.69) is 10.4 Å². The Bertz CT molecular complexity index is 826. The topological polar surface area (TPSA) is 93.2 Å². The number of benzene rings is 1. The molecule has 1 aliphatic carbocycles. The monoisotopic (exact) mass is 404 g/mol. The van der Waals surface area contributed by atoms with Crippen LogP contribution in [-0.4, -0.2) is 39.5 Å². The number of rotatable bonds is 6. The Hall–Kier alpha value is -1.89. The average molecular weight is 405 g/mol. The van der Waals surface area contributed by atoms with Crippen LogP contribution in [0.3, 0.4) is 0 Å². The van der Waals surface area contributed by atoms with Crippen LogP contribution in [-0.2, 0) is 6.54 Å². The van der Waals surface area contributed by atoms with Crippen LogP contribution in [0.15, 0.2) is 24.3 Å². The first-order chi connectivity index (χ1) is 13.4. The minimum atomic E-state index is -0.825. The number of halogens is 1. The normalized spacial score (nSPS) is 16.6. The van der Waals surface area contributed by atoms with E-state index in [0.29, 0.717) is 23.7 Å². The fraction of sp³-hybridized carbons (Fsp3) is 0.524. The Morgan fingerprint density at radius 3 is 2.68 bits per heavy atom. The number of aliphatic hydroxyl groups is 1. The molecule has 1 aliphatic rings. The molecular weight excluding hydrogens is 376 g/mol. The highest BCUT2D eigenvalue weighted by Gasteiger charge is 2.28. The van der Waals surface area contributed by atoms with Crippen LogP contribution >= 0.6 is 11.6 Å². The predicted molar refractivity (Wildman–Crippen MR) is 111 cm³/mol. The zero-order chi connectivity index (χ0) is 20.1. The lowest BCUT2D eigenvalue weighted by Crippen LogP contribution is -2.42. The molecule has 1 saturated carbocycles. The number of hydrogen-bond donors (Lipinski definition) is 3. The SMILES string of the molecule is Cc1cc(-c2ccc(Cl)c(C(=O)NCC3(O)CCCCCC3)c2)nn1CCN. The van der Waals surface area contributed by atoms with Gasteiger partial charge in [0.2, 0.25) is 0 Å². The van der Waals surface area contributed by atoms with Crippen molar-refractivity contribution in [2.75, 3.05) is 13.1 Å². The van der Waals surface area contributed by atoms with Gasteiger partial charge in [0.25, 0.3) is 5.91 Å². The van der Waals surface area contributed by atoms with E-state index >= 15 is 0 Å². The second-order valence-corrected chi connectivity index (χ2v) is 8.11. The van der Waals surface area contributed by atoms with E-state index in [9.17, 15) is 9.90 Å². The first kappa shape index (κ1) is 20.8. The lowest BCUT2D eigenvalue weighted by Gasteiger charge is -2.26. The molecule has 1 aromatic heterocycles. The van der Waals surface area contributed by atoms with Crippen LogP contribution in [0.4, 0.5) is 0 Å². The van der Waals surface area contributed by atoms with E-state index in [4.69, 9.17) is 17.3 Å². The van der Waals surface area contributed by atoms with Crippen molar-refractivity contribution in [3.05, 3.63) is 40.5 Å². The van der Waals surface area contributed by atoms with Gasteiger partial charge in [0.1, 0.15) is 0 Å². The van der Waals surface area contributed by atoms with Crippen LogP contribution in [0, 0.1) is 6.92 Å². The first-order valence-electron chi connectivity index (χ1n) is 9.97. The summed E-state index contributed by atoms with van der Waals surface area (Å²) < 4.78 is 1.85. The summed E-state index contributed by atoms with van der Waals surface area (Å²) in [4.78, 5) is 12.7. The molecule has 0 unspecified atom stereocenters. The van der Waals surface area contributed by atoms with Gasteiger partial charge in [0.15, 0.2) is 0 Å². The van der Waals surface area contributed by atoms with Gasteiger partial charge >= 0.3 is 0 Å². The number of carbonyl (C=O) groups is 1. The van der Waals surface area contributed by atoms with Crippen molar-refractivity contribution in [3.8, 4) is 11.3 Å². The number of nitrogens with zero attached hydrogens (tertiary/aromatic N) is 2. The van der Waals surface area contributed by atoms with Gasteiger partial charge in [0.05, 0.1) is 28.4 Å². The van der Waals surface area contributed by atoms with E-state index in [1.54, 1.807) is 12.1 Å². The molecular formula is C21H29ClN4O2. The third kappa shape index (κ3) is 4.93. The fourth-order valence-electron chi connectivity index (χ4n) is 3.76. The molecule has 0 bridgehead atoms. The third-order valence-electron chi connectivity index (χ3n) is 5.44. The molecule has 28 heavy (non-hydrogen) atoms. The van der Waals surface area contributed by atoms with Crippen LogP contribution < -0.4 is 11.1 Å². The summed E-state index contributed by atoms with van der Waals surface area (Å²) in [7, 11) is 0. The lowest BCUT2D eigenvalue weighted by atomic mass is 9.94. The van der Waals surface area contributed by atoms with E-state index in [-0.39, 0.29) is 12.5 Å². The standard InChI is InChI=1S/C21H29ClN4O2/c1-15-12-19(25-26(15)11-10-23)16-6-7-18(22)17(13-16)20(27)24-14-21(28)8-4-2-3-5-9-21/h6-7,12-13,28H,2-5,8-11,14,23H2,1H3,(H,24,27). The summed E-state index contributed by atoms with van der Waals surface area (Å²) in [5, 5.41) is 18.6. The summed E-state index contributed by atoms with van der Waals surface area (Å²) in [6.45, 7) is 3.38. The Balaban J connectivity index is 1.75. The van der Waals surface area contributed by atoms with Gasteiger partial charge in [0, 0.05) is 24.3 Å². The van der Waals surface area contributed by atoms with Gasteiger partial charge < -0.3 is 16.2 Å². The quantitative estimate of drug-likeness (QED) is 0.644. The van der Waals surface area contributed by atoms with Crippen molar-refractivity contribution in [2.45, 2.75) is 57.6 Å². The minimum Gasteiger partial charge on any atom is -0.388 e. The highest BCUT2D eigenvalue weighted by molar-refractivity contribution is 6.34. The molecule has 1 heterocycles. The van der Waals surface area contributed by atoms with Crippen LogP contribution in [0.2, 0.25) is 5.02 Å². The predicted octanol–water partition coefficient (Wildman–Crippen LogP) is 3.29. The number of hydrogen-bond acceptors (Lipinski definition) is 4. The summed E-state index contributed by atoms with van der Waals surface area (Å²) in [5.74, 6) is -0.275. The zero-order valence-electron chi connectivity index (χ0n) is 16.4. The smallest absolute Gasteiger partial charge is 0.252 e. The van der Waals surface area contributed by atoms with E-state index in [1.807, 2.05) is 23.7 Å². The average Bonchev–Trinajstić information content (AvgIpc) is 2.89.